The van der Waals surface area contributed by atoms with Crippen molar-refractivity contribution in [2.75, 3.05) is 0 Å². The van der Waals surface area contributed by atoms with Gasteiger partial charge in [-0.15, -0.1) is 0 Å². The van der Waals surface area contributed by atoms with Crippen LogP contribution in [0.25, 0.3) is 5.69 Å². The molecule has 2 amide bonds. The zero-order valence-corrected chi connectivity index (χ0v) is 11.6. The molecule has 0 atom stereocenters. The Bertz CT molecular complexity index is 624. The highest BCUT2D eigenvalue weighted by Gasteiger charge is 2.10. The van der Waals surface area contributed by atoms with Crippen LogP contribution in [0.1, 0.15) is 17.4 Å². The highest BCUT2D eigenvalue weighted by Crippen LogP contribution is 2.15. The van der Waals surface area contributed by atoms with Gasteiger partial charge in [-0.2, -0.15) is 0 Å². The zero-order chi connectivity index (χ0) is 13.8. The van der Waals surface area contributed by atoms with Crippen LogP contribution >= 0.6 is 15.9 Å². The lowest BCUT2D eigenvalue weighted by Crippen LogP contribution is -2.40. The first kappa shape index (κ1) is 13.3. The summed E-state index contributed by atoms with van der Waals surface area (Å²) in [6.07, 6.45) is 3.11. The second kappa shape index (κ2) is 5.66. The minimum Gasteiger partial charge on any atom is -0.305 e. The molecule has 2 rings (SSSR count). The Hall–Kier alpha value is -2.15. The summed E-state index contributed by atoms with van der Waals surface area (Å²) in [7, 11) is 0. The minimum atomic E-state index is -0.469. The molecule has 0 saturated carbocycles. The van der Waals surface area contributed by atoms with Gasteiger partial charge in [0.15, 0.2) is 0 Å². The Kier molecular flexibility index (Phi) is 3.96. The fourth-order valence-corrected chi connectivity index (χ4v) is 1.81. The minimum absolute atomic E-state index is 0.216. The van der Waals surface area contributed by atoms with E-state index >= 15 is 0 Å². The summed E-state index contributed by atoms with van der Waals surface area (Å²) >= 11 is 3.38. The molecule has 1 aromatic heterocycles. The maximum atomic E-state index is 11.6. The van der Waals surface area contributed by atoms with Gasteiger partial charge >= 0.3 is 0 Å². The summed E-state index contributed by atoms with van der Waals surface area (Å²) in [5.74, 6) is -0.816. The van der Waals surface area contributed by atoms with Crippen molar-refractivity contribution in [2.24, 2.45) is 0 Å². The van der Waals surface area contributed by atoms with Crippen LogP contribution in [0.5, 0.6) is 0 Å². The van der Waals surface area contributed by atoms with Crippen LogP contribution in [-0.4, -0.2) is 21.4 Å². The number of nitrogens with one attached hydrogen (secondary N) is 2. The normalized spacial score (nSPS) is 10.0. The van der Waals surface area contributed by atoms with Gasteiger partial charge in [0, 0.05) is 23.3 Å². The third kappa shape index (κ3) is 3.41. The SMILES string of the molecule is CC(=O)NNC(=O)c1cn(-c2cccc(Br)c2)cn1. The van der Waals surface area contributed by atoms with E-state index in [1.165, 1.54) is 13.3 Å². The first-order valence-corrected chi connectivity index (χ1v) is 6.22. The Balaban J connectivity index is 2.15. The molecule has 0 radical (unpaired) electrons. The first-order chi connectivity index (χ1) is 9.06. The average molecular weight is 323 g/mol. The van der Waals surface area contributed by atoms with Crippen molar-refractivity contribution in [1.82, 2.24) is 20.4 Å². The number of carbonyl (C=O) groups excluding carboxylic acids is 2. The van der Waals surface area contributed by atoms with Crippen LogP contribution in [0.4, 0.5) is 0 Å². The maximum Gasteiger partial charge on any atom is 0.289 e. The predicted molar refractivity (Wildman–Crippen MR) is 72.5 cm³/mol. The van der Waals surface area contributed by atoms with Crippen molar-refractivity contribution in [2.45, 2.75) is 6.92 Å². The van der Waals surface area contributed by atoms with Gasteiger partial charge in [-0.25, -0.2) is 4.98 Å². The van der Waals surface area contributed by atoms with E-state index in [0.29, 0.717) is 0 Å². The Morgan fingerprint density at radius 1 is 1.32 bits per heavy atom. The highest BCUT2D eigenvalue weighted by atomic mass is 79.9. The number of hydrogen-bond acceptors (Lipinski definition) is 3. The number of aromatic nitrogens is 2. The van der Waals surface area contributed by atoms with Gasteiger partial charge < -0.3 is 4.57 Å². The van der Waals surface area contributed by atoms with Gasteiger partial charge in [-0.3, -0.25) is 20.4 Å². The third-order valence-corrected chi connectivity index (χ3v) is 2.77. The van der Waals surface area contributed by atoms with E-state index in [2.05, 4.69) is 31.8 Å². The molecule has 0 aliphatic heterocycles. The molecule has 0 fully saturated rings. The lowest BCUT2D eigenvalue weighted by Gasteiger charge is -2.02. The standard InChI is InChI=1S/C12H11BrN4O2/c1-8(18)15-16-12(19)11-6-17(7-14-11)10-4-2-3-9(13)5-10/h2-7H,1H3,(H,15,18)(H,16,19). The molecular weight excluding hydrogens is 312 g/mol. The molecule has 6 nitrogen and oxygen atoms in total. The smallest absolute Gasteiger partial charge is 0.289 e. The number of imidazole rings is 1. The maximum absolute atomic E-state index is 11.6. The molecule has 0 unspecified atom stereocenters. The number of carbonyl (C=O) groups is 2. The second-order valence-electron chi connectivity index (χ2n) is 3.78. The van der Waals surface area contributed by atoms with Crippen molar-refractivity contribution >= 4 is 27.7 Å². The van der Waals surface area contributed by atoms with E-state index in [-0.39, 0.29) is 11.6 Å². The van der Waals surface area contributed by atoms with Crippen LogP contribution in [0.2, 0.25) is 0 Å². The highest BCUT2D eigenvalue weighted by molar-refractivity contribution is 9.10. The van der Waals surface area contributed by atoms with Gasteiger partial charge in [0.25, 0.3) is 5.91 Å². The monoisotopic (exact) mass is 322 g/mol. The number of amides is 2. The van der Waals surface area contributed by atoms with Gasteiger partial charge in [-0.1, -0.05) is 22.0 Å². The molecule has 1 aromatic carbocycles. The number of benzene rings is 1. The molecule has 0 aliphatic carbocycles. The van der Waals surface area contributed by atoms with Crippen LogP contribution in [0.15, 0.2) is 41.3 Å². The average Bonchev–Trinajstić information content (AvgIpc) is 2.85. The first-order valence-electron chi connectivity index (χ1n) is 5.43. The fourth-order valence-electron chi connectivity index (χ4n) is 1.43. The van der Waals surface area contributed by atoms with Crippen molar-refractivity contribution in [3.05, 3.63) is 47.0 Å². The summed E-state index contributed by atoms with van der Waals surface area (Å²) < 4.78 is 2.65. The largest absolute Gasteiger partial charge is 0.305 e. The summed E-state index contributed by atoms with van der Waals surface area (Å²) in [5, 5.41) is 0. The van der Waals surface area contributed by atoms with Gasteiger partial charge in [-0.05, 0) is 18.2 Å². The van der Waals surface area contributed by atoms with Gasteiger partial charge in [0.05, 0.1) is 0 Å². The third-order valence-electron chi connectivity index (χ3n) is 2.27. The molecule has 7 heteroatoms. The molecule has 98 valence electrons. The van der Waals surface area contributed by atoms with Crippen LogP contribution in [-0.2, 0) is 4.79 Å². The number of halogens is 1. The number of hydrazine groups is 1. The molecule has 1 heterocycles. The van der Waals surface area contributed by atoms with E-state index in [0.717, 1.165) is 10.2 Å². The molecule has 0 saturated heterocycles. The molecule has 2 aromatic rings. The molecule has 19 heavy (non-hydrogen) atoms. The quantitative estimate of drug-likeness (QED) is 0.821. The van der Waals surface area contributed by atoms with Gasteiger partial charge in [0.1, 0.15) is 12.0 Å². The van der Waals surface area contributed by atoms with E-state index in [1.807, 2.05) is 24.3 Å². The van der Waals surface area contributed by atoms with Crippen molar-refractivity contribution in [3.63, 3.8) is 0 Å². The van der Waals surface area contributed by atoms with Crippen molar-refractivity contribution in [3.8, 4) is 5.69 Å². The number of nitrogens with zero attached hydrogens (tertiary/aromatic N) is 2. The number of rotatable bonds is 2. The fraction of sp³-hybridized carbons (Fsp3) is 0.0833. The molecule has 2 N–H and O–H groups in total. The topological polar surface area (TPSA) is 76.0 Å². The summed E-state index contributed by atoms with van der Waals surface area (Å²) in [6.45, 7) is 1.31. The Labute approximate surface area is 117 Å². The molecule has 0 aliphatic rings. The molecule has 0 bridgehead atoms. The molecular formula is C12H11BrN4O2. The van der Waals surface area contributed by atoms with Crippen molar-refractivity contribution < 1.29 is 9.59 Å². The summed E-state index contributed by atoms with van der Waals surface area (Å²) in [5.41, 5.74) is 5.55. The second-order valence-corrected chi connectivity index (χ2v) is 4.70. The number of hydrogen-bond donors (Lipinski definition) is 2. The van der Waals surface area contributed by atoms with E-state index < -0.39 is 5.91 Å². The lowest BCUT2D eigenvalue weighted by molar-refractivity contribution is -0.119. The lowest BCUT2D eigenvalue weighted by atomic mass is 10.3. The summed E-state index contributed by atoms with van der Waals surface area (Å²) in [4.78, 5) is 26.3. The zero-order valence-electron chi connectivity index (χ0n) is 10.1. The van der Waals surface area contributed by atoms with Crippen LogP contribution in [0, 0.1) is 0 Å². The molecule has 0 spiro atoms. The van der Waals surface area contributed by atoms with Crippen LogP contribution < -0.4 is 10.9 Å². The Morgan fingerprint density at radius 3 is 2.79 bits per heavy atom. The van der Waals surface area contributed by atoms with E-state index in [4.69, 9.17) is 0 Å². The summed E-state index contributed by atoms with van der Waals surface area (Å²) in [6, 6.07) is 7.58. The van der Waals surface area contributed by atoms with E-state index in [9.17, 15) is 9.59 Å². The van der Waals surface area contributed by atoms with Crippen LogP contribution in [0.3, 0.4) is 0 Å². The Morgan fingerprint density at radius 2 is 2.11 bits per heavy atom. The predicted octanol–water partition coefficient (Wildman–Crippen LogP) is 1.42. The van der Waals surface area contributed by atoms with Gasteiger partial charge in [0.2, 0.25) is 5.91 Å². The van der Waals surface area contributed by atoms with E-state index in [1.54, 1.807) is 10.8 Å². The van der Waals surface area contributed by atoms with Crippen molar-refractivity contribution in [1.29, 1.82) is 0 Å².